The highest BCUT2D eigenvalue weighted by molar-refractivity contribution is 5.81. The Hall–Kier alpha value is -2.18. The van der Waals surface area contributed by atoms with E-state index in [1.54, 1.807) is 6.92 Å². The molecule has 2 heterocycles. The van der Waals surface area contributed by atoms with Crippen molar-refractivity contribution in [3.05, 3.63) is 23.8 Å². The molecule has 1 spiro atoms. The maximum atomic E-state index is 13.0. The number of nitrogens with zero attached hydrogens (tertiary/aromatic N) is 3. The SMILES string of the molecule is CCOC(=O)NC1(C)CC(C(=O)N2CCC3(CC2)CC(c2ccnc(C(C)(C)C)n2)C3)C1. The zero-order chi connectivity index (χ0) is 23.1. The number of hydrogen-bond donors (Lipinski definition) is 1. The summed E-state index contributed by atoms with van der Waals surface area (Å²) in [6, 6.07) is 2.07. The van der Waals surface area contributed by atoms with Crippen molar-refractivity contribution in [3.63, 3.8) is 0 Å². The van der Waals surface area contributed by atoms with Crippen molar-refractivity contribution in [2.24, 2.45) is 11.3 Å². The Bertz CT molecular complexity index is 856. The second kappa shape index (κ2) is 8.31. The summed E-state index contributed by atoms with van der Waals surface area (Å²) in [6.07, 6.45) is 7.39. The first-order chi connectivity index (χ1) is 15.0. The van der Waals surface area contributed by atoms with Crippen LogP contribution >= 0.6 is 0 Å². The van der Waals surface area contributed by atoms with E-state index in [0.29, 0.717) is 30.8 Å². The number of hydrogen-bond acceptors (Lipinski definition) is 5. The molecule has 2 aliphatic carbocycles. The molecule has 0 aromatic carbocycles. The van der Waals surface area contributed by atoms with Gasteiger partial charge in [-0.3, -0.25) is 4.79 Å². The van der Waals surface area contributed by atoms with Crippen LogP contribution in [0.3, 0.4) is 0 Å². The lowest BCUT2D eigenvalue weighted by Gasteiger charge is -2.53. The Balaban J connectivity index is 1.24. The van der Waals surface area contributed by atoms with Crippen LogP contribution in [-0.4, -0.2) is 52.1 Å². The van der Waals surface area contributed by atoms with Gasteiger partial charge in [0.15, 0.2) is 0 Å². The molecule has 4 rings (SSSR count). The van der Waals surface area contributed by atoms with Crippen LogP contribution in [0.2, 0.25) is 0 Å². The van der Waals surface area contributed by atoms with Gasteiger partial charge in [0.25, 0.3) is 0 Å². The predicted molar refractivity (Wildman–Crippen MR) is 122 cm³/mol. The van der Waals surface area contributed by atoms with Gasteiger partial charge in [-0.15, -0.1) is 0 Å². The molecule has 0 unspecified atom stereocenters. The number of amides is 2. The van der Waals surface area contributed by atoms with Gasteiger partial charge in [-0.1, -0.05) is 20.8 Å². The van der Waals surface area contributed by atoms with E-state index < -0.39 is 6.09 Å². The van der Waals surface area contributed by atoms with Crippen molar-refractivity contribution < 1.29 is 14.3 Å². The summed E-state index contributed by atoms with van der Waals surface area (Å²) in [4.78, 5) is 36.1. The molecule has 1 saturated heterocycles. The molecule has 0 radical (unpaired) electrons. The molecule has 3 fully saturated rings. The highest BCUT2D eigenvalue weighted by atomic mass is 16.5. The van der Waals surface area contributed by atoms with Crippen LogP contribution in [0, 0.1) is 11.3 Å². The average Bonchev–Trinajstić information content (AvgIpc) is 2.69. The zero-order valence-corrected chi connectivity index (χ0v) is 20.2. The number of rotatable bonds is 4. The third-order valence-corrected chi connectivity index (χ3v) is 7.68. The fraction of sp³-hybridized carbons (Fsp3) is 0.760. The zero-order valence-electron chi connectivity index (χ0n) is 20.2. The van der Waals surface area contributed by atoms with E-state index in [1.807, 2.05) is 13.1 Å². The second-order valence-electron chi connectivity index (χ2n) is 11.5. The third kappa shape index (κ3) is 4.62. The standard InChI is InChI=1S/C25H38N4O3/c1-6-32-22(31)28-24(5)13-18(14-24)20(30)29-11-8-25(9-12-29)15-17(16-25)19-7-10-26-21(27-19)23(2,3)4/h7,10,17-18H,6,8-9,11-16H2,1-5H3,(H,28,31). The van der Waals surface area contributed by atoms with Crippen LogP contribution in [0.4, 0.5) is 4.79 Å². The maximum Gasteiger partial charge on any atom is 0.407 e. The summed E-state index contributed by atoms with van der Waals surface area (Å²) in [5, 5.41) is 2.90. The summed E-state index contributed by atoms with van der Waals surface area (Å²) < 4.78 is 4.98. The van der Waals surface area contributed by atoms with Crippen molar-refractivity contribution in [1.82, 2.24) is 20.2 Å². The fourth-order valence-electron chi connectivity index (χ4n) is 5.74. The van der Waals surface area contributed by atoms with Crippen LogP contribution in [-0.2, 0) is 14.9 Å². The van der Waals surface area contributed by atoms with Gasteiger partial charge in [0.1, 0.15) is 5.82 Å². The molecule has 1 N–H and O–H groups in total. The van der Waals surface area contributed by atoms with Crippen molar-refractivity contribution in [3.8, 4) is 0 Å². The first kappa shape index (κ1) is 23.0. The Morgan fingerprint density at radius 2 is 1.84 bits per heavy atom. The summed E-state index contributed by atoms with van der Waals surface area (Å²) in [7, 11) is 0. The summed E-state index contributed by atoms with van der Waals surface area (Å²) in [6.45, 7) is 12.3. The lowest BCUT2D eigenvalue weighted by Crippen LogP contribution is -2.59. The van der Waals surface area contributed by atoms with Gasteiger partial charge in [0.05, 0.1) is 6.61 Å². The van der Waals surface area contributed by atoms with E-state index in [4.69, 9.17) is 9.72 Å². The molecule has 2 saturated carbocycles. The topological polar surface area (TPSA) is 84.4 Å². The fourth-order valence-corrected chi connectivity index (χ4v) is 5.74. The number of carbonyl (C=O) groups is 2. The van der Waals surface area contributed by atoms with Crippen LogP contribution < -0.4 is 5.32 Å². The largest absolute Gasteiger partial charge is 0.450 e. The minimum atomic E-state index is -0.390. The lowest BCUT2D eigenvalue weighted by atomic mass is 9.56. The van der Waals surface area contributed by atoms with E-state index in [9.17, 15) is 9.59 Å². The summed E-state index contributed by atoms with van der Waals surface area (Å²) in [5.41, 5.74) is 1.19. The van der Waals surface area contributed by atoms with Gasteiger partial charge in [0, 0.05) is 47.8 Å². The molecule has 3 aliphatic rings. The number of nitrogens with one attached hydrogen (secondary N) is 1. The average molecular weight is 443 g/mol. The van der Waals surface area contributed by atoms with E-state index >= 15 is 0 Å². The van der Waals surface area contributed by atoms with Gasteiger partial charge in [-0.2, -0.15) is 0 Å². The molecular weight excluding hydrogens is 404 g/mol. The third-order valence-electron chi connectivity index (χ3n) is 7.68. The molecule has 7 nitrogen and oxygen atoms in total. The van der Waals surface area contributed by atoms with Gasteiger partial charge < -0.3 is 15.0 Å². The molecular formula is C25H38N4O3. The smallest absolute Gasteiger partial charge is 0.407 e. The van der Waals surface area contributed by atoms with Crippen LogP contribution in [0.1, 0.15) is 90.6 Å². The van der Waals surface area contributed by atoms with Crippen LogP contribution in [0.15, 0.2) is 12.3 Å². The Morgan fingerprint density at radius 3 is 2.44 bits per heavy atom. The number of aromatic nitrogens is 2. The molecule has 176 valence electrons. The molecule has 0 bridgehead atoms. The van der Waals surface area contributed by atoms with E-state index in [2.05, 4.69) is 42.0 Å². The molecule has 1 aromatic heterocycles. The van der Waals surface area contributed by atoms with Crippen LogP contribution in [0.5, 0.6) is 0 Å². The van der Waals surface area contributed by atoms with Crippen molar-refractivity contribution in [2.75, 3.05) is 19.7 Å². The number of alkyl carbamates (subject to hydrolysis) is 1. The Morgan fingerprint density at radius 1 is 1.19 bits per heavy atom. The van der Waals surface area contributed by atoms with Crippen molar-refractivity contribution in [1.29, 1.82) is 0 Å². The highest BCUT2D eigenvalue weighted by Gasteiger charge is 2.50. The number of ether oxygens (including phenoxy) is 1. The molecule has 7 heteroatoms. The quantitative estimate of drug-likeness (QED) is 0.756. The minimum Gasteiger partial charge on any atom is -0.450 e. The molecule has 1 aliphatic heterocycles. The monoisotopic (exact) mass is 442 g/mol. The highest BCUT2D eigenvalue weighted by Crippen LogP contribution is 2.56. The Labute approximate surface area is 191 Å². The summed E-state index contributed by atoms with van der Waals surface area (Å²) in [5.74, 6) is 1.70. The first-order valence-corrected chi connectivity index (χ1v) is 12.1. The molecule has 2 amide bonds. The van der Waals surface area contributed by atoms with Gasteiger partial charge in [-0.25, -0.2) is 14.8 Å². The number of carbonyl (C=O) groups excluding carboxylic acids is 2. The lowest BCUT2D eigenvalue weighted by molar-refractivity contribution is -0.144. The number of likely N-dealkylation sites (tertiary alicyclic amines) is 1. The maximum absolute atomic E-state index is 13.0. The normalized spacial score (nSPS) is 27.4. The first-order valence-electron chi connectivity index (χ1n) is 12.1. The van der Waals surface area contributed by atoms with E-state index in [1.165, 1.54) is 18.5 Å². The summed E-state index contributed by atoms with van der Waals surface area (Å²) >= 11 is 0. The van der Waals surface area contributed by atoms with Gasteiger partial charge in [0.2, 0.25) is 5.91 Å². The Kier molecular flexibility index (Phi) is 5.97. The van der Waals surface area contributed by atoms with Crippen molar-refractivity contribution >= 4 is 12.0 Å². The van der Waals surface area contributed by atoms with E-state index in [0.717, 1.165) is 31.8 Å². The minimum absolute atomic E-state index is 0.0157. The van der Waals surface area contributed by atoms with Crippen molar-refractivity contribution in [2.45, 2.75) is 90.0 Å². The molecule has 32 heavy (non-hydrogen) atoms. The van der Waals surface area contributed by atoms with E-state index in [-0.39, 0.29) is 22.8 Å². The predicted octanol–water partition coefficient (Wildman–Crippen LogP) is 4.18. The number of piperidine rings is 1. The van der Waals surface area contributed by atoms with Gasteiger partial charge >= 0.3 is 6.09 Å². The molecule has 1 aromatic rings. The molecule has 0 atom stereocenters. The van der Waals surface area contributed by atoms with Gasteiger partial charge in [-0.05, 0) is 63.9 Å². The second-order valence-corrected chi connectivity index (χ2v) is 11.5. The van der Waals surface area contributed by atoms with Crippen LogP contribution in [0.25, 0.3) is 0 Å².